The molecule has 6 nitrogen and oxygen atoms in total. The van der Waals surface area contributed by atoms with Gasteiger partial charge in [0.2, 0.25) is 5.91 Å². The van der Waals surface area contributed by atoms with Crippen LogP contribution in [0.25, 0.3) is 0 Å². The Morgan fingerprint density at radius 3 is 2.61 bits per heavy atom. The summed E-state index contributed by atoms with van der Waals surface area (Å²) < 4.78 is 4.88. The molecule has 1 aliphatic carbocycles. The molecule has 1 atom stereocenters. The highest BCUT2D eigenvalue weighted by Gasteiger charge is 2.29. The van der Waals surface area contributed by atoms with Crippen LogP contribution >= 0.6 is 0 Å². The van der Waals surface area contributed by atoms with E-state index in [1.807, 2.05) is 0 Å². The summed E-state index contributed by atoms with van der Waals surface area (Å²) in [6, 6.07) is -0.362. The van der Waals surface area contributed by atoms with Crippen molar-refractivity contribution in [3.63, 3.8) is 0 Å². The zero-order valence-electron chi connectivity index (χ0n) is 10.2. The first-order valence-electron chi connectivity index (χ1n) is 6.40. The number of amides is 2. The third-order valence-electron chi connectivity index (χ3n) is 3.35. The molecule has 2 rings (SSSR count). The van der Waals surface area contributed by atoms with Gasteiger partial charge in [-0.2, -0.15) is 0 Å². The van der Waals surface area contributed by atoms with Crippen molar-refractivity contribution in [3.8, 4) is 0 Å². The van der Waals surface area contributed by atoms with Crippen LogP contribution in [0.4, 0.5) is 0 Å². The first-order valence-corrected chi connectivity index (χ1v) is 6.40. The fourth-order valence-corrected chi connectivity index (χ4v) is 2.37. The smallest absolute Gasteiger partial charge is 0.329 e. The molecule has 0 aromatic rings. The molecule has 1 aliphatic heterocycles. The lowest BCUT2D eigenvalue weighted by Crippen LogP contribution is -2.39. The van der Waals surface area contributed by atoms with Gasteiger partial charge in [0.25, 0.3) is 5.91 Å². The largest absolute Gasteiger partial charge is 0.454 e. The minimum atomic E-state index is -0.586. The summed E-state index contributed by atoms with van der Waals surface area (Å²) in [5.41, 5.74) is 0. The molecular weight excluding hydrogens is 236 g/mol. The van der Waals surface area contributed by atoms with Crippen LogP contribution in [0.2, 0.25) is 0 Å². The topological polar surface area (TPSA) is 84.5 Å². The third kappa shape index (κ3) is 3.45. The Bertz CT molecular complexity index is 350. The lowest BCUT2D eigenvalue weighted by Gasteiger charge is -2.13. The molecular formula is C12H18N2O4. The quantitative estimate of drug-likeness (QED) is 0.684. The Morgan fingerprint density at radius 2 is 2.00 bits per heavy atom. The highest BCUT2D eigenvalue weighted by molar-refractivity contribution is 5.89. The van der Waals surface area contributed by atoms with Gasteiger partial charge < -0.3 is 15.4 Å². The molecule has 6 heteroatoms. The summed E-state index contributed by atoms with van der Waals surface area (Å²) in [5.74, 6) is -0.936. The van der Waals surface area contributed by atoms with Crippen LogP contribution in [-0.4, -0.2) is 36.5 Å². The number of ether oxygens (including phenoxy) is 1. The fourth-order valence-electron chi connectivity index (χ4n) is 2.37. The second-order valence-electron chi connectivity index (χ2n) is 4.82. The second kappa shape index (κ2) is 5.84. The summed E-state index contributed by atoms with van der Waals surface area (Å²) in [6.07, 6.45) is 5.06. The third-order valence-corrected chi connectivity index (χ3v) is 3.35. The number of carbonyl (C=O) groups is 3. The Hall–Kier alpha value is -1.59. The van der Waals surface area contributed by atoms with Gasteiger partial charge in [-0.15, -0.1) is 0 Å². The fraction of sp³-hybridized carbons (Fsp3) is 0.750. The van der Waals surface area contributed by atoms with Crippen molar-refractivity contribution >= 4 is 17.8 Å². The standard InChI is InChI=1S/C12H18N2O4/c15-10-6-5-9(14-10)12(17)18-7-11(16)13-8-3-1-2-4-8/h8-9H,1-7H2,(H,13,16)(H,14,15)/t9-/m1/s1. The van der Waals surface area contributed by atoms with Crippen molar-refractivity contribution in [1.29, 1.82) is 0 Å². The van der Waals surface area contributed by atoms with Crippen LogP contribution in [0.1, 0.15) is 38.5 Å². The summed E-state index contributed by atoms with van der Waals surface area (Å²) in [6.45, 7) is -0.262. The van der Waals surface area contributed by atoms with E-state index in [4.69, 9.17) is 4.74 Å². The highest BCUT2D eigenvalue weighted by atomic mass is 16.5. The van der Waals surface area contributed by atoms with E-state index in [0.717, 1.165) is 25.7 Å². The summed E-state index contributed by atoms with van der Waals surface area (Å²) >= 11 is 0. The van der Waals surface area contributed by atoms with E-state index in [0.29, 0.717) is 12.8 Å². The van der Waals surface area contributed by atoms with Crippen molar-refractivity contribution in [2.24, 2.45) is 0 Å². The zero-order chi connectivity index (χ0) is 13.0. The summed E-state index contributed by atoms with van der Waals surface area (Å²) in [7, 11) is 0. The number of hydrogen-bond donors (Lipinski definition) is 2. The first kappa shape index (κ1) is 12.9. The Labute approximate surface area is 105 Å². The van der Waals surface area contributed by atoms with E-state index in [1.165, 1.54) is 0 Å². The Balaban J connectivity index is 1.65. The summed E-state index contributed by atoms with van der Waals surface area (Å²) in [5, 5.41) is 5.34. The minimum absolute atomic E-state index is 0.146. The number of carbonyl (C=O) groups excluding carboxylic acids is 3. The normalized spacial score (nSPS) is 23.8. The SMILES string of the molecule is O=C(COC(=O)[C@H]1CCC(=O)N1)NC1CCCC1. The molecule has 2 fully saturated rings. The maximum atomic E-state index is 11.5. The first-order chi connectivity index (χ1) is 8.65. The molecule has 0 aromatic heterocycles. The van der Waals surface area contributed by atoms with Crippen LogP contribution in [0.5, 0.6) is 0 Å². The average Bonchev–Trinajstić information content (AvgIpc) is 2.97. The van der Waals surface area contributed by atoms with Gasteiger partial charge in [0.1, 0.15) is 6.04 Å². The van der Waals surface area contributed by atoms with Gasteiger partial charge in [0.05, 0.1) is 0 Å². The molecule has 100 valence electrons. The Kier molecular flexibility index (Phi) is 4.17. The van der Waals surface area contributed by atoms with Crippen LogP contribution in [0, 0.1) is 0 Å². The number of nitrogens with one attached hydrogen (secondary N) is 2. The molecule has 2 amide bonds. The number of rotatable bonds is 4. The predicted molar refractivity (Wildman–Crippen MR) is 62.5 cm³/mol. The Morgan fingerprint density at radius 1 is 1.28 bits per heavy atom. The molecule has 0 spiro atoms. The minimum Gasteiger partial charge on any atom is -0.454 e. The number of hydrogen-bond acceptors (Lipinski definition) is 4. The van der Waals surface area contributed by atoms with Gasteiger partial charge in [0, 0.05) is 12.5 Å². The van der Waals surface area contributed by atoms with E-state index in [1.54, 1.807) is 0 Å². The van der Waals surface area contributed by atoms with Crippen LogP contribution < -0.4 is 10.6 Å². The number of esters is 1. The van der Waals surface area contributed by atoms with Crippen molar-refractivity contribution in [1.82, 2.24) is 10.6 Å². The molecule has 1 saturated heterocycles. The van der Waals surface area contributed by atoms with E-state index in [9.17, 15) is 14.4 Å². The van der Waals surface area contributed by atoms with Crippen molar-refractivity contribution in [2.45, 2.75) is 50.6 Å². The van der Waals surface area contributed by atoms with E-state index >= 15 is 0 Å². The van der Waals surface area contributed by atoms with Crippen LogP contribution in [-0.2, 0) is 19.1 Å². The van der Waals surface area contributed by atoms with E-state index < -0.39 is 12.0 Å². The maximum Gasteiger partial charge on any atom is 0.329 e. The lowest BCUT2D eigenvalue weighted by atomic mass is 10.2. The average molecular weight is 254 g/mol. The van der Waals surface area contributed by atoms with Gasteiger partial charge in [0.15, 0.2) is 6.61 Å². The molecule has 1 heterocycles. The second-order valence-corrected chi connectivity index (χ2v) is 4.82. The van der Waals surface area contributed by atoms with Gasteiger partial charge >= 0.3 is 5.97 Å². The lowest BCUT2D eigenvalue weighted by molar-refractivity contribution is -0.150. The van der Waals surface area contributed by atoms with Gasteiger partial charge in [-0.05, 0) is 19.3 Å². The van der Waals surface area contributed by atoms with Crippen LogP contribution in [0.3, 0.4) is 0 Å². The molecule has 0 unspecified atom stereocenters. The summed E-state index contributed by atoms with van der Waals surface area (Å²) in [4.78, 5) is 34.0. The maximum absolute atomic E-state index is 11.5. The molecule has 18 heavy (non-hydrogen) atoms. The zero-order valence-corrected chi connectivity index (χ0v) is 10.2. The van der Waals surface area contributed by atoms with Gasteiger partial charge in [-0.3, -0.25) is 9.59 Å². The van der Waals surface area contributed by atoms with Crippen molar-refractivity contribution in [3.05, 3.63) is 0 Å². The molecule has 1 saturated carbocycles. The van der Waals surface area contributed by atoms with Crippen molar-refractivity contribution in [2.75, 3.05) is 6.61 Å². The van der Waals surface area contributed by atoms with Gasteiger partial charge in [-0.1, -0.05) is 12.8 Å². The van der Waals surface area contributed by atoms with Gasteiger partial charge in [-0.25, -0.2) is 4.79 Å². The molecule has 0 aromatic carbocycles. The molecule has 2 N–H and O–H groups in total. The monoisotopic (exact) mass is 254 g/mol. The predicted octanol–water partition coefficient (Wildman–Crippen LogP) is -0.133. The van der Waals surface area contributed by atoms with E-state index in [2.05, 4.69) is 10.6 Å². The highest BCUT2D eigenvalue weighted by Crippen LogP contribution is 2.17. The van der Waals surface area contributed by atoms with Crippen LogP contribution in [0.15, 0.2) is 0 Å². The van der Waals surface area contributed by atoms with E-state index in [-0.39, 0.29) is 24.5 Å². The molecule has 0 bridgehead atoms. The molecule has 0 radical (unpaired) electrons. The van der Waals surface area contributed by atoms with Crippen molar-refractivity contribution < 1.29 is 19.1 Å². The molecule has 2 aliphatic rings.